The van der Waals surface area contributed by atoms with Crippen molar-refractivity contribution in [2.24, 2.45) is 11.8 Å². The van der Waals surface area contributed by atoms with Gasteiger partial charge >= 0.3 is 6.03 Å². The number of likely N-dealkylation sites (tertiary alicyclic amines) is 1. The highest BCUT2D eigenvalue weighted by molar-refractivity contribution is 5.96. The minimum atomic E-state index is -0.301. The highest BCUT2D eigenvalue weighted by atomic mass is 16.5. The summed E-state index contributed by atoms with van der Waals surface area (Å²) >= 11 is 0. The Morgan fingerprint density at radius 2 is 2.32 bits per heavy atom. The van der Waals surface area contributed by atoms with Crippen molar-refractivity contribution in [3.63, 3.8) is 0 Å². The number of urea groups is 1. The quantitative estimate of drug-likeness (QED) is 0.873. The molecule has 0 aliphatic carbocycles. The third-order valence-corrected chi connectivity index (χ3v) is 4.32. The molecule has 3 rings (SSSR count). The maximum Gasteiger partial charge on any atom is 0.324 e. The molecule has 22 heavy (non-hydrogen) atoms. The largest absolute Gasteiger partial charge is 0.497 e. The van der Waals surface area contributed by atoms with Crippen molar-refractivity contribution < 1.29 is 14.3 Å². The van der Waals surface area contributed by atoms with Gasteiger partial charge in [-0.15, -0.1) is 0 Å². The fraction of sp³-hybridized carbons (Fsp3) is 0.500. The standard InChI is InChI=1S/C16H21N3O3/c1-22-14-4-2-3-11(6-14)8-18-16(21)19-10-12-5-13(15(19)20)9-17-7-12/h2-4,6,12-13,17H,5,7-10H2,1H3,(H,18,21). The first kappa shape index (κ1) is 14.8. The monoisotopic (exact) mass is 303 g/mol. The number of nitrogens with one attached hydrogen (secondary N) is 2. The van der Waals surface area contributed by atoms with Gasteiger partial charge in [0.25, 0.3) is 0 Å². The Bertz CT molecular complexity index is 576. The van der Waals surface area contributed by atoms with Crippen LogP contribution < -0.4 is 15.4 Å². The number of rotatable bonds is 3. The third-order valence-electron chi connectivity index (χ3n) is 4.32. The van der Waals surface area contributed by atoms with E-state index in [-0.39, 0.29) is 17.9 Å². The van der Waals surface area contributed by atoms with E-state index < -0.39 is 0 Å². The van der Waals surface area contributed by atoms with Crippen molar-refractivity contribution in [2.75, 3.05) is 26.7 Å². The fourth-order valence-corrected chi connectivity index (χ4v) is 3.17. The lowest BCUT2D eigenvalue weighted by Crippen LogP contribution is -2.58. The zero-order valence-electron chi connectivity index (χ0n) is 12.7. The molecule has 2 heterocycles. The predicted octanol–water partition coefficient (Wildman–Crippen LogP) is 0.973. The Labute approximate surface area is 129 Å². The van der Waals surface area contributed by atoms with Crippen LogP contribution in [0.15, 0.2) is 24.3 Å². The number of methoxy groups -OCH3 is 1. The topological polar surface area (TPSA) is 70.7 Å². The first-order chi connectivity index (χ1) is 10.7. The number of imide groups is 1. The molecule has 2 N–H and O–H groups in total. The SMILES string of the molecule is COc1cccc(CNC(=O)N2CC3CNCC(C3)C2=O)c1. The second-order valence-electron chi connectivity index (χ2n) is 5.92. The van der Waals surface area contributed by atoms with E-state index in [1.807, 2.05) is 24.3 Å². The summed E-state index contributed by atoms with van der Waals surface area (Å²) in [5.41, 5.74) is 0.944. The zero-order valence-corrected chi connectivity index (χ0v) is 12.7. The predicted molar refractivity (Wildman–Crippen MR) is 81.4 cm³/mol. The van der Waals surface area contributed by atoms with Crippen LogP contribution in [-0.4, -0.2) is 43.6 Å². The van der Waals surface area contributed by atoms with E-state index in [9.17, 15) is 9.59 Å². The lowest BCUT2D eigenvalue weighted by molar-refractivity contribution is -0.137. The van der Waals surface area contributed by atoms with Crippen LogP contribution in [-0.2, 0) is 11.3 Å². The molecule has 6 heteroatoms. The van der Waals surface area contributed by atoms with E-state index in [1.165, 1.54) is 4.90 Å². The normalized spacial score (nSPS) is 24.0. The van der Waals surface area contributed by atoms with Crippen LogP contribution in [0.25, 0.3) is 0 Å². The minimum absolute atomic E-state index is 0.0601. The molecule has 6 nitrogen and oxygen atoms in total. The number of nitrogens with zero attached hydrogens (tertiary/aromatic N) is 1. The van der Waals surface area contributed by atoms with Gasteiger partial charge < -0.3 is 15.4 Å². The van der Waals surface area contributed by atoms with Crippen molar-refractivity contribution in [3.05, 3.63) is 29.8 Å². The van der Waals surface area contributed by atoms with Gasteiger partial charge in [-0.25, -0.2) is 4.79 Å². The molecule has 2 atom stereocenters. The number of fused-ring (bicyclic) bond motifs is 2. The number of piperidine rings is 2. The van der Waals surface area contributed by atoms with Gasteiger partial charge in [-0.3, -0.25) is 9.69 Å². The number of carbonyl (C=O) groups excluding carboxylic acids is 2. The van der Waals surface area contributed by atoms with Crippen molar-refractivity contribution in [2.45, 2.75) is 13.0 Å². The lowest BCUT2D eigenvalue weighted by Gasteiger charge is -2.39. The highest BCUT2D eigenvalue weighted by Crippen LogP contribution is 2.25. The molecule has 118 valence electrons. The molecule has 2 aliphatic rings. The molecule has 1 aromatic carbocycles. The molecule has 2 aliphatic heterocycles. The summed E-state index contributed by atoms with van der Waals surface area (Å²) in [5, 5.41) is 6.08. The third kappa shape index (κ3) is 3.06. The van der Waals surface area contributed by atoms with Crippen LogP contribution >= 0.6 is 0 Å². The van der Waals surface area contributed by atoms with Crippen LogP contribution in [0.3, 0.4) is 0 Å². The molecule has 3 amide bonds. The van der Waals surface area contributed by atoms with Gasteiger partial charge in [0.1, 0.15) is 5.75 Å². The smallest absolute Gasteiger partial charge is 0.324 e. The molecule has 0 saturated carbocycles. The van der Waals surface area contributed by atoms with Crippen LogP contribution in [0.4, 0.5) is 4.79 Å². The second-order valence-corrected chi connectivity index (χ2v) is 5.92. The highest BCUT2D eigenvalue weighted by Gasteiger charge is 2.39. The number of hydrogen-bond donors (Lipinski definition) is 2. The number of hydrogen-bond acceptors (Lipinski definition) is 4. The Morgan fingerprint density at radius 1 is 1.45 bits per heavy atom. The van der Waals surface area contributed by atoms with Crippen LogP contribution in [0, 0.1) is 11.8 Å². The van der Waals surface area contributed by atoms with Crippen LogP contribution in [0.5, 0.6) is 5.75 Å². The molecule has 1 aromatic rings. The van der Waals surface area contributed by atoms with Gasteiger partial charge in [0, 0.05) is 19.6 Å². The summed E-state index contributed by atoms with van der Waals surface area (Å²) in [4.78, 5) is 26.0. The summed E-state index contributed by atoms with van der Waals surface area (Å²) in [6, 6.07) is 7.22. The van der Waals surface area contributed by atoms with Gasteiger partial charge in [-0.2, -0.15) is 0 Å². The Hall–Kier alpha value is -2.08. The summed E-state index contributed by atoms with van der Waals surface area (Å²) in [5.74, 6) is 1.00. The first-order valence-corrected chi connectivity index (χ1v) is 7.60. The number of benzene rings is 1. The molecule has 2 unspecified atom stereocenters. The maximum absolute atomic E-state index is 12.3. The first-order valence-electron chi connectivity index (χ1n) is 7.60. The van der Waals surface area contributed by atoms with Crippen LogP contribution in [0.2, 0.25) is 0 Å². The molecule has 0 radical (unpaired) electrons. The average Bonchev–Trinajstić information content (AvgIpc) is 2.56. The zero-order chi connectivity index (χ0) is 15.5. The Kier molecular flexibility index (Phi) is 4.29. The molecular weight excluding hydrogens is 282 g/mol. The summed E-state index contributed by atoms with van der Waals surface area (Å²) in [7, 11) is 1.61. The van der Waals surface area contributed by atoms with Gasteiger partial charge in [0.15, 0.2) is 0 Å². The summed E-state index contributed by atoms with van der Waals surface area (Å²) in [6.45, 7) is 2.44. The number of carbonyl (C=O) groups is 2. The van der Waals surface area contributed by atoms with E-state index in [2.05, 4.69) is 10.6 Å². The van der Waals surface area contributed by atoms with Gasteiger partial charge in [0.2, 0.25) is 5.91 Å². The van der Waals surface area contributed by atoms with Crippen molar-refractivity contribution in [1.82, 2.24) is 15.5 Å². The van der Waals surface area contributed by atoms with Crippen molar-refractivity contribution in [3.8, 4) is 5.75 Å². The molecule has 2 bridgehead atoms. The molecule has 2 fully saturated rings. The van der Waals surface area contributed by atoms with E-state index in [0.29, 0.717) is 25.6 Å². The molecule has 0 aromatic heterocycles. The van der Waals surface area contributed by atoms with Gasteiger partial charge in [-0.05, 0) is 36.6 Å². The summed E-state index contributed by atoms with van der Waals surface area (Å²) in [6.07, 6.45) is 0.894. The van der Waals surface area contributed by atoms with Crippen molar-refractivity contribution in [1.29, 1.82) is 0 Å². The molecular formula is C16H21N3O3. The van der Waals surface area contributed by atoms with Gasteiger partial charge in [-0.1, -0.05) is 12.1 Å². The molecule has 0 spiro atoms. The van der Waals surface area contributed by atoms with E-state index in [4.69, 9.17) is 4.74 Å². The lowest BCUT2D eigenvalue weighted by atomic mass is 9.85. The Balaban J connectivity index is 1.60. The van der Waals surface area contributed by atoms with Crippen molar-refractivity contribution >= 4 is 11.9 Å². The van der Waals surface area contributed by atoms with Crippen LogP contribution in [0.1, 0.15) is 12.0 Å². The average molecular weight is 303 g/mol. The number of amides is 3. The van der Waals surface area contributed by atoms with E-state index in [0.717, 1.165) is 24.3 Å². The fourth-order valence-electron chi connectivity index (χ4n) is 3.17. The minimum Gasteiger partial charge on any atom is -0.497 e. The number of ether oxygens (including phenoxy) is 1. The summed E-state index contributed by atoms with van der Waals surface area (Å²) < 4.78 is 5.16. The van der Waals surface area contributed by atoms with Gasteiger partial charge in [0.05, 0.1) is 13.0 Å². The Morgan fingerprint density at radius 3 is 3.14 bits per heavy atom. The maximum atomic E-state index is 12.3. The molecule has 2 saturated heterocycles. The van der Waals surface area contributed by atoms with E-state index >= 15 is 0 Å². The van der Waals surface area contributed by atoms with E-state index in [1.54, 1.807) is 7.11 Å². The second kappa shape index (κ2) is 6.36.